The van der Waals surface area contributed by atoms with Crippen molar-refractivity contribution in [2.45, 2.75) is 31.7 Å². The van der Waals surface area contributed by atoms with Gasteiger partial charge < -0.3 is 9.64 Å². The van der Waals surface area contributed by atoms with Crippen LogP contribution in [0.3, 0.4) is 0 Å². The number of aromatic nitrogens is 3. The van der Waals surface area contributed by atoms with E-state index in [9.17, 15) is 18.0 Å². The Morgan fingerprint density at radius 2 is 2.19 bits per heavy atom. The van der Waals surface area contributed by atoms with Crippen LogP contribution in [0.25, 0.3) is 0 Å². The summed E-state index contributed by atoms with van der Waals surface area (Å²) in [4.78, 5) is 14.1. The number of alkyl halides is 3. The summed E-state index contributed by atoms with van der Waals surface area (Å²) in [6, 6.07) is 4.90. The van der Waals surface area contributed by atoms with Gasteiger partial charge in [-0.2, -0.15) is 13.2 Å². The first kappa shape index (κ1) is 18.4. The maximum absolute atomic E-state index is 12.8. The lowest BCUT2D eigenvalue weighted by molar-refractivity contribution is -0.138. The monoisotopic (exact) mass is 368 g/mol. The SMILES string of the molecule is COCc1cn([C@@H]2CCN(C(=O)Cc3cccc(C(F)(F)F)c3)C2)nn1. The zero-order valence-corrected chi connectivity index (χ0v) is 14.2. The van der Waals surface area contributed by atoms with Gasteiger partial charge in [-0.3, -0.25) is 4.79 Å². The molecule has 0 bridgehead atoms. The molecule has 26 heavy (non-hydrogen) atoms. The van der Waals surface area contributed by atoms with Crippen molar-refractivity contribution in [1.29, 1.82) is 0 Å². The Morgan fingerprint density at radius 1 is 1.38 bits per heavy atom. The Hall–Kier alpha value is -2.42. The van der Waals surface area contributed by atoms with Gasteiger partial charge in [0, 0.05) is 20.2 Å². The Kier molecular flexibility index (Phi) is 5.26. The number of methoxy groups -OCH3 is 1. The van der Waals surface area contributed by atoms with Crippen molar-refractivity contribution >= 4 is 5.91 Å². The lowest BCUT2D eigenvalue weighted by atomic mass is 10.1. The number of amides is 1. The number of hydrogen-bond donors (Lipinski definition) is 0. The summed E-state index contributed by atoms with van der Waals surface area (Å²) in [7, 11) is 1.57. The third kappa shape index (κ3) is 4.21. The van der Waals surface area contributed by atoms with E-state index in [4.69, 9.17) is 4.74 Å². The van der Waals surface area contributed by atoms with E-state index in [0.717, 1.165) is 18.6 Å². The Morgan fingerprint density at radius 3 is 2.92 bits per heavy atom. The van der Waals surface area contributed by atoms with E-state index >= 15 is 0 Å². The highest BCUT2D eigenvalue weighted by atomic mass is 19.4. The van der Waals surface area contributed by atoms with Gasteiger partial charge in [0.05, 0.1) is 30.8 Å². The normalized spacial score (nSPS) is 17.7. The molecule has 1 fully saturated rings. The Bertz CT molecular complexity index is 775. The number of halogens is 3. The number of carbonyl (C=O) groups is 1. The molecule has 1 aliphatic heterocycles. The first-order valence-corrected chi connectivity index (χ1v) is 8.20. The van der Waals surface area contributed by atoms with Crippen LogP contribution in [-0.4, -0.2) is 46.0 Å². The van der Waals surface area contributed by atoms with Gasteiger partial charge in [0.2, 0.25) is 5.91 Å². The molecule has 1 atom stereocenters. The summed E-state index contributed by atoms with van der Waals surface area (Å²) in [5.41, 5.74) is 0.327. The topological polar surface area (TPSA) is 60.2 Å². The van der Waals surface area contributed by atoms with Crippen molar-refractivity contribution in [3.63, 3.8) is 0 Å². The molecule has 0 N–H and O–H groups in total. The molecule has 1 aromatic heterocycles. The van der Waals surface area contributed by atoms with E-state index in [1.165, 1.54) is 12.1 Å². The summed E-state index contributed by atoms with van der Waals surface area (Å²) in [6.45, 7) is 1.38. The number of hydrogen-bond acceptors (Lipinski definition) is 4. The molecule has 0 radical (unpaired) electrons. The van der Waals surface area contributed by atoms with Crippen LogP contribution in [0.5, 0.6) is 0 Å². The fourth-order valence-corrected chi connectivity index (χ4v) is 3.03. The first-order chi connectivity index (χ1) is 12.4. The van der Waals surface area contributed by atoms with Crippen LogP contribution in [0, 0.1) is 0 Å². The fraction of sp³-hybridized carbons (Fsp3) is 0.471. The van der Waals surface area contributed by atoms with Gasteiger partial charge >= 0.3 is 6.18 Å². The van der Waals surface area contributed by atoms with Gasteiger partial charge in [0.25, 0.3) is 0 Å². The van der Waals surface area contributed by atoms with Crippen molar-refractivity contribution in [3.05, 3.63) is 47.3 Å². The predicted octanol–water partition coefficient (Wildman–Crippen LogP) is 2.46. The molecular weight excluding hydrogens is 349 g/mol. The minimum Gasteiger partial charge on any atom is -0.378 e. The number of nitrogens with zero attached hydrogens (tertiary/aromatic N) is 4. The summed E-state index contributed by atoms with van der Waals surface area (Å²) in [5, 5.41) is 8.06. The van der Waals surface area contributed by atoms with E-state index in [1.54, 1.807) is 22.9 Å². The highest BCUT2D eigenvalue weighted by Crippen LogP contribution is 2.30. The Balaban J connectivity index is 1.61. The lowest BCUT2D eigenvalue weighted by Gasteiger charge is -2.17. The minimum atomic E-state index is -4.41. The molecule has 1 aliphatic rings. The van der Waals surface area contributed by atoms with E-state index in [0.29, 0.717) is 31.0 Å². The van der Waals surface area contributed by atoms with E-state index in [1.807, 2.05) is 0 Å². The molecule has 0 saturated carbocycles. The lowest BCUT2D eigenvalue weighted by Crippen LogP contribution is -2.30. The molecule has 1 amide bonds. The first-order valence-electron chi connectivity index (χ1n) is 8.20. The van der Waals surface area contributed by atoms with Crippen LogP contribution in [0.4, 0.5) is 13.2 Å². The quantitative estimate of drug-likeness (QED) is 0.814. The third-order valence-corrected chi connectivity index (χ3v) is 4.35. The second-order valence-corrected chi connectivity index (χ2v) is 6.28. The largest absolute Gasteiger partial charge is 0.416 e. The zero-order valence-electron chi connectivity index (χ0n) is 14.2. The van der Waals surface area contributed by atoms with E-state index in [-0.39, 0.29) is 18.4 Å². The predicted molar refractivity (Wildman–Crippen MR) is 86.1 cm³/mol. The number of likely N-dealkylation sites (tertiary alicyclic amines) is 1. The number of benzene rings is 1. The molecular formula is C17H19F3N4O2. The van der Waals surface area contributed by atoms with Gasteiger partial charge in [0.1, 0.15) is 5.69 Å². The van der Waals surface area contributed by atoms with Crippen LogP contribution in [0.2, 0.25) is 0 Å². The second-order valence-electron chi connectivity index (χ2n) is 6.28. The number of rotatable bonds is 5. The van der Waals surface area contributed by atoms with Crippen molar-refractivity contribution in [2.24, 2.45) is 0 Å². The zero-order chi connectivity index (χ0) is 18.7. The average Bonchev–Trinajstić information content (AvgIpc) is 3.23. The third-order valence-electron chi connectivity index (χ3n) is 4.35. The average molecular weight is 368 g/mol. The molecule has 9 heteroatoms. The van der Waals surface area contributed by atoms with Crippen LogP contribution in [-0.2, 0) is 28.7 Å². The number of ether oxygens (including phenoxy) is 1. The maximum atomic E-state index is 12.8. The van der Waals surface area contributed by atoms with Gasteiger partial charge in [0.15, 0.2) is 0 Å². The van der Waals surface area contributed by atoms with Crippen LogP contribution in [0.1, 0.15) is 29.3 Å². The molecule has 3 rings (SSSR count). The van der Waals surface area contributed by atoms with Gasteiger partial charge in [-0.1, -0.05) is 23.4 Å². The molecule has 1 saturated heterocycles. The molecule has 2 aromatic rings. The summed E-state index contributed by atoms with van der Waals surface area (Å²) < 4.78 is 45.1. The Labute approximate surface area is 148 Å². The molecule has 0 spiro atoms. The van der Waals surface area contributed by atoms with Gasteiger partial charge in [-0.15, -0.1) is 5.10 Å². The van der Waals surface area contributed by atoms with Gasteiger partial charge in [-0.05, 0) is 18.1 Å². The minimum absolute atomic E-state index is 0.0126. The smallest absolute Gasteiger partial charge is 0.378 e. The van der Waals surface area contributed by atoms with E-state index in [2.05, 4.69) is 10.3 Å². The molecule has 0 unspecified atom stereocenters. The van der Waals surface area contributed by atoms with Crippen LogP contribution < -0.4 is 0 Å². The fourth-order valence-electron chi connectivity index (χ4n) is 3.03. The molecule has 6 nitrogen and oxygen atoms in total. The summed E-state index contributed by atoms with van der Waals surface area (Å²) >= 11 is 0. The summed E-state index contributed by atoms with van der Waals surface area (Å²) in [6.07, 6.45) is -1.95. The number of carbonyl (C=O) groups excluding carboxylic acids is 1. The van der Waals surface area contributed by atoms with Crippen molar-refractivity contribution in [3.8, 4) is 0 Å². The molecule has 1 aromatic carbocycles. The van der Waals surface area contributed by atoms with Crippen LogP contribution >= 0.6 is 0 Å². The highest BCUT2D eigenvalue weighted by molar-refractivity contribution is 5.79. The van der Waals surface area contributed by atoms with Crippen molar-refractivity contribution in [1.82, 2.24) is 19.9 Å². The van der Waals surface area contributed by atoms with E-state index < -0.39 is 11.7 Å². The maximum Gasteiger partial charge on any atom is 0.416 e. The van der Waals surface area contributed by atoms with Crippen molar-refractivity contribution in [2.75, 3.05) is 20.2 Å². The van der Waals surface area contributed by atoms with Crippen LogP contribution in [0.15, 0.2) is 30.5 Å². The van der Waals surface area contributed by atoms with Gasteiger partial charge in [-0.25, -0.2) is 4.68 Å². The molecule has 0 aliphatic carbocycles. The highest BCUT2D eigenvalue weighted by Gasteiger charge is 2.31. The van der Waals surface area contributed by atoms with Crippen molar-refractivity contribution < 1.29 is 22.7 Å². The second kappa shape index (κ2) is 7.45. The summed E-state index contributed by atoms with van der Waals surface area (Å²) in [5.74, 6) is -0.191. The molecule has 2 heterocycles. The standard InChI is InChI=1S/C17H19F3N4O2/c1-26-11-14-9-24(22-21-14)15-5-6-23(10-15)16(25)8-12-3-2-4-13(7-12)17(18,19)20/h2-4,7,9,15H,5-6,8,10-11H2,1H3/t15-/m1/s1. The molecule has 140 valence electrons.